The molecule has 0 bridgehead atoms. The van der Waals surface area contributed by atoms with Gasteiger partial charge in [0.15, 0.2) is 17.0 Å². The van der Waals surface area contributed by atoms with Crippen molar-refractivity contribution in [2.24, 2.45) is 10.1 Å². The van der Waals surface area contributed by atoms with E-state index in [1.807, 2.05) is 13.8 Å². The van der Waals surface area contributed by atoms with Crippen molar-refractivity contribution >= 4 is 77.6 Å². The molecule has 606 valence electrons. The number of rotatable bonds is 16. The second-order valence-electron chi connectivity index (χ2n) is 28.7. The van der Waals surface area contributed by atoms with Crippen LogP contribution in [-0.2, 0) is 29.9 Å². The molecular weight excluding hydrogens is 1470 g/mol. The lowest BCUT2D eigenvalue weighted by Crippen LogP contribution is -2.49. The second kappa shape index (κ2) is 40.6. The Labute approximate surface area is 650 Å². The number of carboxylic acids is 1. The molecule has 2 aromatic carbocycles. The van der Waals surface area contributed by atoms with E-state index in [-0.39, 0.29) is 40.9 Å². The molecule has 0 unspecified atom stereocenters. The van der Waals surface area contributed by atoms with Crippen molar-refractivity contribution in [3.63, 3.8) is 0 Å². The average Bonchev–Trinajstić information content (AvgIpc) is 1.58. The third-order valence-electron chi connectivity index (χ3n) is 20.3. The number of carboxylic acid groups (broad SMARTS) is 1. The van der Waals surface area contributed by atoms with Crippen LogP contribution in [0.2, 0.25) is 0 Å². The van der Waals surface area contributed by atoms with E-state index in [1.54, 1.807) is 70.5 Å². The Bertz CT molecular complexity index is 4510. The number of hydrogen-bond acceptors (Lipinski definition) is 22. The zero-order valence-corrected chi connectivity index (χ0v) is 67.5. The van der Waals surface area contributed by atoms with E-state index in [4.69, 9.17) is 19.7 Å². The number of halogens is 2. The van der Waals surface area contributed by atoms with Crippen molar-refractivity contribution in [1.82, 2.24) is 81.6 Å². The van der Waals surface area contributed by atoms with Gasteiger partial charge in [0.25, 0.3) is 16.1 Å². The van der Waals surface area contributed by atoms with Crippen LogP contribution in [0.5, 0.6) is 0 Å². The predicted octanol–water partition coefficient (Wildman–Crippen LogP) is 8.56. The smallest absolute Gasteiger partial charge is 0.354 e. The summed E-state index contributed by atoms with van der Waals surface area (Å²) in [7, 11) is -2.01. The van der Waals surface area contributed by atoms with Crippen LogP contribution in [0.1, 0.15) is 150 Å². The van der Waals surface area contributed by atoms with Gasteiger partial charge in [-0.3, -0.25) is 28.7 Å². The number of anilines is 2. The van der Waals surface area contributed by atoms with Crippen molar-refractivity contribution in [2.75, 3.05) is 156 Å². The summed E-state index contributed by atoms with van der Waals surface area (Å²) in [4.78, 5) is 72.2. The SMILES string of the molecule is C1CCC2=NCCCN2CC1.CC(C)c1nn(-c2ccc(F)cc2)c2nc(C(=O)NS(=O)(=O)N(C)C)cc(N3CCC(N4CCOCC4)CC3)c12.CC(C)c1nn(-c2ccc(F)cc2)c2nc(C(=O)O)cc(N3CCC(N4CCOCC4)CC3)c12.CCN(CC)CC.CN(C)S(N)(=O)=O.O=C(n1ccnc1)n1ccnc1. The molecule has 14 rings (SSSR count). The molecule has 6 aliphatic heterocycles. The summed E-state index contributed by atoms with van der Waals surface area (Å²) in [5.41, 5.74) is 5.37. The van der Waals surface area contributed by atoms with Crippen molar-refractivity contribution in [3.8, 4) is 11.4 Å². The number of amides is 1. The van der Waals surface area contributed by atoms with Gasteiger partial charge >= 0.3 is 22.2 Å². The molecule has 1 amide bonds. The normalized spacial score (nSPS) is 17.0. The van der Waals surface area contributed by atoms with Gasteiger partial charge in [-0.2, -0.15) is 35.6 Å². The number of imidazole rings is 2. The lowest BCUT2D eigenvalue weighted by atomic mass is 10.00. The highest BCUT2D eigenvalue weighted by Crippen LogP contribution is 2.39. The van der Waals surface area contributed by atoms with Gasteiger partial charge in [-0.1, -0.05) is 54.9 Å². The minimum absolute atomic E-state index is 0.0172. The molecule has 0 spiro atoms. The Balaban J connectivity index is 0.000000176. The average molecular weight is 1580 g/mol. The van der Waals surface area contributed by atoms with Crippen molar-refractivity contribution in [2.45, 2.75) is 130 Å². The first kappa shape index (κ1) is 86.2. The maximum Gasteiger partial charge on any atom is 0.354 e. The summed E-state index contributed by atoms with van der Waals surface area (Å²) in [6.07, 6.45) is 19.7. The predicted molar refractivity (Wildman–Crippen MR) is 426 cm³/mol. The molecule has 35 heteroatoms. The number of carbonyl (C=O) groups is 3. The number of nitrogens with one attached hydrogen (secondary N) is 1. The summed E-state index contributed by atoms with van der Waals surface area (Å²) in [6.45, 7) is 32.0. The molecule has 0 radical (unpaired) electrons. The van der Waals surface area contributed by atoms with Gasteiger partial charge in [0.1, 0.15) is 30.0 Å². The quantitative estimate of drug-likeness (QED) is 0.0815. The number of ether oxygens (including phenoxy) is 2. The van der Waals surface area contributed by atoms with E-state index in [2.05, 4.69) is 98.8 Å². The van der Waals surface area contributed by atoms with Crippen LogP contribution in [0, 0.1) is 11.6 Å². The number of hydrogen-bond donors (Lipinski definition) is 3. The summed E-state index contributed by atoms with van der Waals surface area (Å²) in [5.74, 6) is -1.10. The Morgan fingerprint density at radius 1 is 0.586 bits per heavy atom. The molecule has 111 heavy (non-hydrogen) atoms. The fraction of sp³-hybridized carbons (Fsp3) is 0.553. The summed E-state index contributed by atoms with van der Waals surface area (Å²) < 4.78 is 93.2. The van der Waals surface area contributed by atoms with E-state index in [0.717, 1.165) is 153 Å². The van der Waals surface area contributed by atoms with E-state index in [0.29, 0.717) is 34.8 Å². The monoisotopic (exact) mass is 1580 g/mol. The summed E-state index contributed by atoms with van der Waals surface area (Å²) in [6, 6.07) is 16.0. The van der Waals surface area contributed by atoms with Gasteiger partial charge in [-0.25, -0.2) is 57.5 Å². The van der Waals surface area contributed by atoms with Crippen LogP contribution >= 0.6 is 0 Å². The Kier molecular flexibility index (Phi) is 31.5. The lowest BCUT2D eigenvalue weighted by molar-refractivity contribution is 0.0115. The number of nitrogens with two attached hydrogens (primary N) is 1. The second-order valence-corrected chi connectivity index (χ2v) is 32.3. The molecule has 4 N–H and O–H groups in total. The Morgan fingerprint density at radius 2 is 1.01 bits per heavy atom. The van der Waals surface area contributed by atoms with Crippen LogP contribution in [0.3, 0.4) is 0 Å². The molecule has 5 fully saturated rings. The third kappa shape index (κ3) is 23.2. The van der Waals surface area contributed by atoms with Gasteiger partial charge in [-0.15, -0.1) is 0 Å². The number of pyridine rings is 2. The molecule has 6 aliphatic rings. The highest BCUT2D eigenvalue weighted by atomic mass is 32.2. The molecule has 0 aliphatic carbocycles. The first-order valence-corrected chi connectivity index (χ1v) is 41.3. The maximum atomic E-state index is 13.7. The van der Waals surface area contributed by atoms with Crippen LogP contribution in [0.25, 0.3) is 33.4 Å². The topological polar surface area (TPSA) is 332 Å². The van der Waals surface area contributed by atoms with Gasteiger partial charge < -0.3 is 34.2 Å². The van der Waals surface area contributed by atoms with Gasteiger partial charge in [-0.05, 0) is 137 Å². The van der Waals surface area contributed by atoms with Crippen molar-refractivity contribution in [1.29, 1.82) is 0 Å². The summed E-state index contributed by atoms with van der Waals surface area (Å²) in [5, 5.41) is 25.7. The zero-order valence-electron chi connectivity index (χ0n) is 65.9. The minimum Gasteiger partial charge on any atom is -0.477 e. The number of carbonyl (C=O) groups excluding carboxylic acids is 2. The van der Waals surface area contributed by atoms with E-state index < -0.39 is 32.3 Å². The number of nitrogens with zero attached hydrogens (tertiary/aromatic N) is 19. The molecule has 5 saturated heterocycles. The minimum atomic E-state index is -4.03. The molecule has 12 heterocycles. The number of aromatic nitrogens is 10. The number of aliphatic imine (C=N–C) groups is 1. The van der Waals surface area contributed by atoms with Gasteiger partial charge in [0.05, 0.1) is 77.2 Å². The molecule has 6 aromatic heterocycles. The molecule has 0 atom stereocenters. The molecule has 31 nitrogen and oxygen atoms in total. The van der Waals surface area contributed by atoms with Crippen LogP contribution < -0.4 is 19.7 Å². The van der Waals surface area contributed by atoms with E-state index in [9.17, 15) is 45.1 Å². The van der Waals surface area contributed by atoms with Crippen LogP contribution in [0.4, 0.5) is 25.0 Å². The highest BCUT2D eigenvalue weighted by molar-refractivity contribution is 7.87. The number of morpholine rings is 2. The number of amidine groups is 1. The lowest BCUT2D eigenvalue weighted by Gasteiger charge is -2.41. The zero-order chi connectivity index (χ0) is 80.1. The maximum absolute atomic E-state index is 13.7. The fourth-order valence-electron chi connectivity index (χ4n) is 13.9. The standard InChI is InChI=1S/C27H36FN7O4S.C25H30FN5O3.C9H16N2.C7H6N4O.C6H15N.C2H8N2O2S/c1-18(2)25-24-23(34-11-9-20(10-12-34)33-13-15-39-16-14-33)17-22(27(36)31-40(37,38)32(3)4)29-26(24)35(30-25)21-7-5-19(28)6-8-21;1-16(2)23-22-21(30-9-7-18(8-10-30)29-11-13-34-14-12-29)15-20(25(32)33)27-24(22)31(28-23)19-5-3-17(26)4-6-19;1-2-5-9-10-6-4-8-11(9)7-3-1;12-7(10-3-1-8-5-10)11-4-2-9-6-11;1-4-7(5-2)6-3;1-4(2)7(3,5)6/h5-8,17-18,20H,9-16H2,1-4H3,(H,31,36);3-6,15-16,18H,7-14H2,1-2H3,(H,32,33);1-8H2;1-6H;4-6H2,1-3H3;1-2H3,(H2,3,5,6). The van der Waals surface area contributed by atoms with Crippen molar-refractivity contribution in [3.05, 3.63) is 133 Å². The van der Waals surface area contributed by atoms with Crippen LogP contribution in [-0.4, -0.2) is 281 Å². The molecular formula is C76H111F2N21O10S2. The first-order valence-electron chi connectivity index (χ1n) is 38.3. The van der Waals surface area contributed by atoms with Gasteiger partial charge in [0.2, 0.25) is 0 Å². The fourth-order valence-corrected chi connectivity index (χ4v) is 14.4. The van der Waals surface area contributed by atoms with E-state index >= 15 is 0 Å². The Morgan fingerprint density at radius 3 is 1.39 bits per heavy atom. The molecule has 8 aromatic rings. The first-order chi connectivity index (χ1) is 53.1. The number of benzene rings is 2. The third-order valence-corrected chi connectivity index (χ3v) is 22.7. The van der Waals surface area contributed by atoms with Gasteiger partial charge in [0, 0.05) is 143 Å². The summed E-state index contributed by atoms with van der Waals surface area (Å²) >= 11 is 0. The van der Waals surface area contributed by atoms with Crippen molar-refractivity contribution < 1.29 is 54.6 Å². The van der Waals surface area contributed by atoms with E-state index in [1.165, 1.54) is 145 Å². The number of aromatic carboxylic acids is 1. The highest BCUT2D eigenvalue weighted by Gasteiger charge is 2.33. The Hall–Kier alpha value is -8.78. The number of fused-ring (bicyclic) bond motifs is 3. The molecule has 0 saturated carbocycles. The number of piperidine rings is 2. The van der Waals surface area contributed by atoms with Crippen LogP contribution in [0.15, 0.2) is 103 Å². The largest absolute Gasteiger partial charge is 0.477 e.